The number of nitro benzene ring substituents is 1. The van der Waals surface area contributed by atoms with Crippen LogP contribution in [0.1, 0.15) is 5.56 Å². The predicted molar refractivity (Wildman–Crippen MR) is 106 cm³/mol. The van der Waals surface area contributed by atoms with Gasteiger partial charge >= 0.3 is 5.69 Å². The lowest BCUT2D eigenvalue weighted by atomic mass is 10.2. The van der Waals surface area contributed by atoms with Crippen molar-refractivity contribution in [3.8, 4) is 11.5 Å². The first-order chi connectivity index (χ1) is 13.2. The summed E-state index contributed by atoms with van der Waals surface area (Å²) >= 11 is 5.92. The van der Waals surface area contributed by atoms with Gasteiger partial charge < -0.3 is 9.64 Å². The summed E-state index contributed by atoms with van der Waals surface area (Å²) in [6.07, 6.45) is 0. The van der Waals surface area contributed by atoms with E-state index in [1.54, 1.807) is 25.1 Å². The molecule has 0 aliphatic carbocycles. The Morgan fingerprint density at radius 3 is 2.32 bits per heavy atom. The Morgan fingerprint density at radius 1 is 1.07 bits per heavy atom. The molecule has 0 unspecified atom stereocenters. The zero-order chi connectivity index (χ0) is 20.5. The van der Waals surface area contributed by atoms with E-state index in [4.69, 9.17) is 16.3 Å². The second-order valence-electron chi connectivity index (χ2n) is 6.61. The third kappa shape index (κ3) is 4.27. The van der Waals surface area contributed by atoms with Crippen molar-refractivity contribution < 1.29 is 18.1 Å². The average Bonchev–Trinajstić information content (AvgIpc) is 2.64. The summed E-state index contributed by atoms with van der Waals surface area (Å²) < 4.78 is 32.7. The van der Waals surface area contributed by atoms with Gasteiger partial charge in [0, 0.05) is 37.3 Å². The number of rotatable bonds is 5. The highest BCUT2D eigenvalue weighted by Gasteiger charge is 2.30. The Bertz CT molecular complexity index is 1000. The van der Waals surface area contributed by atoms with Crippen LogP contribution in [0.3, 0.4) is 0 Å². The number of benzene rings is 2. The number of nitro groups is 1. The molecule has 0 atom stereocenters. The van der Waals surface area contributed by atoms with Crippen molar-refractivity contribution in [1.29, 1.82) is 0 Å². The number of piperazine rings is 1. The van der Waals surface area contributed by atoms with Crippen molar-refractivity contribution in [3.63, 3.8) is 0 Å². The van der Waals surface area contributed by atoms with Gasteiger partial charge in [-0.1, -0.05) is 11.6 Å². The molecule has 2 aromatic rings. The lowest BCUT2D eigenvalue weighted by Crippen LogP contribution is -2.47. The molecule has 1 aliphatic rings. The summed E-state index contributed by atoms with van der Waals surface area (Å²) in [7, 11) is -1.90. The summed E-state index contributed by atoms with van der Waals surface area (Å²) in [5.41, 5.74) is 0.292. The molecule has 28 heavy (non-hydrogen) atoms. The van der Waals surface area contributed by atoms with Gasteiger partial charge in [0.25, 0.3) is 0 Å². The molecule has 0 radical (unpaired) electrons. The minimum absolute atomic E-state index is 0.0345. The van der Waals surface area contributed by atoms with E-state index >= 15 is 0 Å². The molecule has 1 aliphatic heterocycles. The average molecular weight is 426 g/mol. The number of halogens is 1. The Balaban J connectivity index is 1.94. The van der Waals surface area contributed by atoms with Gasteiger partial charge in [0.15, 0.2) is 0 Å². The minimum atomic E-state index is -3.82. The van der Waals surface area contributed by atoms with Crippen molar-refractivity contribution in [3.05, 3.63) is 57.1 Å². The van der Waals surface area contributed by atoms with E-state index in [-0.39, 0.29) is 10.6 Å². The molecule has 150 valence electrons. The maximum atomic E-state index is 12.9. The molecule has 0 amide bonds. The molecular weight excluding hydrogens is 406 g/mol. The van der Waals surface area contributed by atoms with E-state index in [9.17, 15) is 18.5 Å². The van der Waals surface area contributed by atoms with Crippen LogP contribution in [-0.2, 0) is 10.0 Å². The molecule has 1 heterocycles. The third-order valence-electron chi connectivity index (χ3n) is 4.58. The number of ether oxygens (including phenoxy) is 1. The van der Waals surface area contributed by atoms with E-state index in [1.807, 2.05) is 11.9 Å². The fourth-order valence-electron chi connectivity index (χ4n) is 2.91. The van der Waals surface area contributed by atoms with Crippen molar-refractivity contribution in [1.82, 2.24) is 9.21 Å². The van der Waals surface area contributed by atoms with E-state index in [2.05, 4.69) is 0 Å². The molecule has 2 aromatic carbocycles. The molecule has 0 spiro atoms. The first-order valence-corrected chi connectivity index (χ1v) is 10.4. The van der Waals surface area contributed by atoms with E-state index < -0.39 is 20.6 Å². The standard InChI is InChI=1S/C18H20ClN3O5S/c1-13-11-14(19)3-5-17(13)27-18-6-4-15(12-16(18)22(23)24)28(25,26)21-9-7-20(2)8-10-21/h3-6,11-12H,7-10H2,1-2H3. The summed E-state index contributed by atoms with van der Waals surface area (Å²) in [6, 6.07) is 8.59. The van der Waals surface area contributed by atoms with Gasteiger partial charge in [-0.15, -0.1) is 0 Å². The first-order valence-electron chi connectivity index (χ1n) is 8.59. The SMILES string of the molecule is Cc1cc(Cl)ccc1Oc1ccc(S(=O)(=O)N2CCN(C)CC2)cc1[N+](=O)[O-]. The van der Waals surface area contributed by atoms with Crippen LogP contribution in [0.15, 0.2) is 41.3 Å². The van der Waals surface area contributed by atoms with Gasteiger partial charge in [0.05, 0.1) is 9.82 Å². The van der Waals surface area contributed by atoms with Crippen LogP contribution in [0.25, 0.3) is 0 Å². The Morgan fingerprint density at radius 2 is 1.71 bits per heavy atom. The van der Waals surface area contributed by atoms with Crippen molar-refractivity contribution >= 4 is 27.3 Å². The van der Waals surface area contributed by atoms with E-state index in [0.717, 1.165) is 6.07 Å². The summed E-state index contributed by atoms with van der Waals surface area (Å²) in [6.45, 7) is 3.67. The smallest absolute Gasteiger partial charge is 0.312 e. The van der Waals surface area contributed by atoms with Gasteiger partial charge in [-0.3, -0.25) is 10.1 Å². The number of hydrogen-bond donors (Lipinski definition) is 0. The zero-order valence-electron chi connectivity index (χ0n) is 15.5. The van der Waals surface area contributed by atoms with Crippen molar-refractivity contribution in [2.24, 2.45) is 0 Å². The van der Waals surface area contributed by atoms with Crippen LogP contribution in [0.4, 0.5) is 5.69 Å². The molecule has 0 N–H and O–H groups in total. The normalized spacial score (nSPS) is 16.1. The van der Waals surface area contributed by atoms with Gasteiger partial charge in [0.1, 0.15) is 5.75 Å². The van der Waals surface area contributed by atoms with Gasteiger partial charge in [-0.05, 0) is 49.9 Å². The summed E-state index contributed by atoms with van der Waals surface area (Å²) in [5.74, 6) is 0.370. The Hall–Kier alpha value is -2.20. The fraction of sp³-hybridized carbons (Fsp3) is 0.333. The van der Waals surface area contributed by atoms with Crippen LogP contribution < -0.4 is 4.74 Å². The van der Waals surface area contributed by atoms with Crippen LogP contribution >= 0.6 is 11.6 Å². The number of sulfonamides is 1. The minimum Gasteiger partial charge on any atom is -0.450 e. The first kappa shape index (κ1) is 20.5. The second-order valence-corrected chi connectivity index (χ2v) is 8.98. The van der Waals surface area contributed by atoms with Crippen LogP contribution in [0.5, 0.6) is 11.5 Å². The fourth-order valence-corrected chi connectivity index (χ4v) is 4.58. The highest BCUT2D eigenvalue weighted by Crippen LogP contribution is 2.36. The lowest BCUT2D eigenvalue weighted by molar-refractivity contribution is -0.385. The third-order valence-corrected chi connectivity index (χ3v) is 6.71. The highest BCUT2D eigenvalue weighted by atomic mass is 35.5. The predicted octanol–water partition coefficient (Wildman–Crippen LogP) is 3.29. The van der Waals surface area contributed by atoms with Gasteiger partial charge in [-0.25, -0.2) is 8.42 Å². The quantitative estimate of drug-likeness (QED) is 0.539. The van der Waals surface area contributed by atoms with Crippen molar-refractivity contribution in [2.75, 3.05) is 33.2 Å². The molecule has 8 nitrogen and oxygen atoms in total. The Kier molecular flexibility index (Phi) is 5.90. The molecule has 0 aromatic heterocycles. The zero-order valence-corrected chi connectivity index (χ0v) is 17.0. The molecule has 0 saturated carbocycles. The summed E-state index contributed by atoms with van der Waals surface area (Å²) in [4.78, 5) is 12.8. The lowest BCUT2D eigenvalue weighted by Gasteiger charge is -2.31. The molecule has 3 rings (SSSR count). The highest BCUT2D eigenvalue weighted by molar-refractivity contribution is 7.89. The van der Waals surface area contributed by atoms with Gasteiger partial charge in [0.2, 0.25) is 15.8 Å². The second kappa shape index (κ2) is 8.04. The maximum absolute atomic E-state index is 12.9. The molecule has 1 saturated heterocycles. The molecule has 1 fully saturated rings. The van der Waals surface area contributed by atoms with Crippen molar-refractivity contribution in [2.45, 2.75) is 11.8 Å². The number of hydrogen-bond acceptors (Lipinski definition) is 6. The molecule has 10 heteroatoms. The number of likely N-dealkylation sites (N-methyl/N-ethyl adjacent to an activating group) is 1. The topological polar surface area (TPSA) is 93.0 Å². The van der Waals surface area contributed by atoms with Crippen LogP contribution in [0, 0.1) is 17.0 Å². The van der Waals surface area contributed by atoms with Gasteiger partial charge in [-0.2, -0.15) is 4.31 Å². The maximum Gasteiger partial charge on any atom is 0.312 e. The monoisotopic (exact) mass is 425 g/mol. The largest absolute Gasteiger partial charge is 0.450 e. The van der Waals surface area contributed by atoms with E-state index in [1.165, 1.54) is 16.4 Å². The number of aryl methyl sites for hydroxylation is 1. The summed E-state index contributed by atoms with van der Waals surface area (Å²) in [5, 5.41) is 12.1. The van der Waals surface area contributed by atoms with Crippen LogP contribution in [-0.4, -0.2) is 55.8 Å². The Labute approximate surface area is 168 Å². The molecular formula is C18H20ClN3O5S. The number of nitrogens with zero attached hydrogens (tertiary/aromatic N) is 3. The molecule has 0 bridgehead atoms. The van der Waals surface area contributed by atoms with Crippen LogP contribution in [0.2, 0.25) is 5.02 Å². The van der Waals surface area contributed by atoms with E-state index in [0.29, 0.717) is 42.5 Å².